The topological polar surface area (TPSA) is 38.7 Å². The van der Waals surface area contributed by atoms with E-state index in [0.717, 1.165) is 17.0 Å². The molecule has 1 unspecified atom stereocenters. The van der Waals surface area contributed by atoms with E-state index in [4.69, 9.17) is 4.74 Å². The van der Waals surface area contributed by atoms with Gasteiger partial charge in [0, 0.05) is 27.7 Å². The van der Waals surface area contributed by atoms with Gasteiger partial charge in [-0.3, -0.25) is 4.98 Å². The summed E-state index contributed by atoms with van der Waals surface area (Å²) < 4.78 is 17.1. The minimum Gasteiger partial charge on any atom is -0.456 e. The SMILES string of the molecule is c1ccc2c(c1)c1ccc3c4c1c1n2c2ccccc2[n+]1C41c2c(ccc4c5ccncc5n5c6ccccc6[n+]1c5c24)O3. The van der Waals surface area contributed by atoms with Crippen LogP contribution in [0, 0.1) is 0 Å². The molecule has 5 aromatic heterocycles. The predicted molar refractivity (Wildman–Crippen MR) is 170 cm³/mol. The van der Waals surface area contributed by atoms with Crippen molar-refractivity contribution in [1.82, 2.24) is 13.8 Å². The Morgan fingerprint density at radius 3 is 1.73 bits per heavy atom. The molecule has 0 bridgehead atoms. The van der Waals surface area contributed by atoms with E-state index in [0.29, 0.717) is 0 Å². The number of ether oxygens (including phenoxy) is 1. The number of aromatic nitrogens is 5. The van der Waals surface area contributed by atoms with Crippen LogP contribution in [0.5, 0.6) is 11.5 Å². The van der Waals surface area contributed by atoms with Crippen LogP contribution in [-0.4, -0.2) is 13.8 Å². The van der Waals surface area contributed by atoms with Crippen molar-refractivity contribution in [3.63, 3.8) is 0 Å². The molecule has 0 radical (unpaired) electrons. The van der Waals surface area contributed by atoms with Gasteiger partial charge in [-0.2, -0.15) is 17.9 Å². The fourth-order valence-electron chi connectivity index (χ4n) is 9.35. The summed E-state index contributed by atoms with van der Waals surface area (Å²) in [4.78, 5) is 4.62. The molecule has 5 aromatic carbocycles. The van der Waals surface area contributed by atoms with Gasteiger partial charge in [-0.05, 0) is 60.7 Å². The van der Waals surface area contributed by atoms with Crippen LogP contribution in [0.1, 0.15) is 11.1 Å². The van der Waals surface area contributed by atoms with Crippen molar-refractivity contribution < 1.29 is 13.9 Å². The number of fused-ring (bicyclic) bond motifs is 12. The minimum atomic E-state index is -0.683. The van der Waals surface area contributed by atoms with Crippen molar-refractivity contribution in [2.45, 2.75) is 5.66 Å². The second kappa shape index (κ2) is 6.33. The number of imidazole rings is 2. The fraction of sp³-hybridized carbons (Fsp3) is 0.0263. The van der Waals surface area contributed by atoms with Crippen molar-refractivity contribution in [1.29, 1.82) is 0 Å². The van der Waals surface area contributed by atoms with E-state index in [1.165, 1.54) is 82.3 Å². The maximum Gasteiger partial charge on any atom is 0.316 e. The third kappa shape index (κ3) is 1.81. The summed E-state index contributed by atoms with van der Waals surface area (Å²) in [5.41, 5.74) is 11.2. The zero-order valence-electron chi connectivity index (χ0n) is 23.1. The minimum absolute atomic E-state index is 0.683. The molecule has 3 aliphatic heterocycles. The summed E-state index contributed by atoms with van der Waals surface area (Å²) in [5.74, 6) is 1.84. The van der Waals surface area contributed by atoms with E-state index in [1.807, 2.05) is 12.4 Å². The molecule has 6 nitrogen and oxygen atoms in total. The molecule has 6 heteroatoms. The van der Waals surface area contributed by atoms with Crippen LogP contribution in [-0.2, 0) is 5.66 Å². The third-order valence-electron chi connectivity index (χ3n) is 10.7. The standard InChI is InChI=1S/C38H19N5O/c1-2-8-24-20(7-1)22-13-15-30-34-32(22)36-40(24)25-9-3-5-11-27(25)42(36)38(34)35-31(44-30)16-14-23-21-17-18-39-19-29(21)41-26-10-4-6-12-28(26)43(38)37(41)33(23)35/h1-19H/q+2. The number of nitrogens with zero attached hydrogens (tertiary/aromatic N) is 5. The zero-order chi connectivity index (χ0) is 28.1. The van der Waals surface area contributed by atoms with E-state index in [-0.39, 0.29) is 0 Å². The average molecular weight is 562 g/mol. The van der Waals surface area contributed by atoms with E-state index in [9.17, 15) is 0 Å². The average Bonchev–Trinajstić information content (AvgIpc) is 3.79. The number of rotatable bonds is 0. The smallest absolute Gasteiger partial charge is 0.316 e. The van der Waals surface area contributed by atoms with Crippen LogP contribution in [0.4, 0.5) is 0 Å². The van der Waals surface area contributed by atoms with Crippen LogP contribution < -0.4 is 13.9 Å². The maximum absolute atomic E-state index is 6.94. The molecule has 200 valence electrons. The summed E-state index contributed by atoms with van der Waals surface area (Å²) in [6.07, 6.45) is 3.92. The third-order valence-corrected chi connectivity index (χ3v) is 10.7. The lowest BCUT2D eigenvalue weighted by molar-refractivity contribution is -0.923. The number of benzene rings is 5. The van der Waals surface area contributed by atoms with Gasteiger partial charge in [0.1, 0.15) is 28.1 Å². The molecular weight excluding hydrogens is 542 g/mol. The lowest BCUT2D eigenvalue weighted by atomic mass is 9.85. The molecule has 0 amide bonds. The number of para-hydroxylation sites is 5. The Bertz CT molecular complexity index is 2880. The van der Waals surface area contributed by atoms with Gasteiger partial charge >= 0.3 is 17.0 Å². The van der Waals surface area contributed by atoms with Gasteiger partial charge in [0.25, 0.3) is 0 Å². The molecule has 0 N–H and O–H groups in total. The van der Waals surface area contributed by atoms with Gasteiger partial charge in [0.05, 0.1) is 17.0 Å². The first-order valence-corrected chi connectivity index (χ1v) is 15.1. The van der Waals surface area contributed by atoms with E-state index in [1.54, 1.807) is 0 Å². The van der Waals surface area contributed by atoms with Crippen LogP contribution in [0.3, 0.4) is 0 Å². The van der Waals surface area contributed by atoms with Crippen LogP contribution in [0.25, 0.3) is 76.7 Å². The Balaban J connectivity index is 1.45. The Morgan fingerprint density at radius 1 is 0.523 bits per heavy atom. The molecule has 0 saturated heterocycles. The molecule has 0 aliphatic carbocycles. The molecule has 0 fully saturated rings. The predicted octanol–water partition coefficient (Wildman–Crippen LogP) is 7.11. The summed E-state index contributed by atoms with van der Waals surface area (Å²) >= 11 is 0. The highest BCUT2D eigenvalue weighted by molar-refractivity contribution is 6.19. The summed E-state index contributed by atoms with van der Waals surface area (Å²) in [6.45, 7) is 0. The molecule has 0 saturated carbocycles. The fourth-order valence-corrected chi connectivity index (χ4v) is 9.35. The highest BCUT2D eigenvalue weighted by Gasteiger charge is 2.67. The van der Waals surface area contributed by atoms with Crippen LogP contribution in [0.2, 0.25) is 0 Å². The van der Waals surface area contributed by atoms with Crippen molar-refractivity contribution in [3.8, 4) is 11.5 Å². The monoisotopic (exact) mass is 561 g/mol. The second-order valence-corrected chi connectivity index (χ2v) is 12.4. The van der Waals surface area contributed by atoms with Crippen LogP contribution in [0.15, 0.2) is 116 Å². The number of pyridine rings is 3. The van der Waals surface area contributed by atoms with Gasteiger partial charge in [0.15, 0.2) is 27.6 Å². The lowest BCUT2D eigenvalue weighted by Gasteiger charge is -2.31. The van der Waals surface area contributed by atoms with Gasteiger partial charge < -0.3 is 4.74 Å². The largest absolute Gasteiger partial charge is 0.456 e. The Morgan fingerprint density at radius 2 is 1.07 bits per heavy atom. The maximum atomic E-state index is 6.94. The molecule has 1 atom stereocenters. The first kappa shape index (κ1) is 20.8. The Kier molecular flexibility index (Phi) is 2.99. The quantitative estimate of drug-likeness (QED) is 0.146. The molecule has 13 rings (SSSR count). The van der Waals surface area contributed by atoms with Gasteiger partial charge in [0.2, 0.25) is 0 Å². The molecule has 8 heterocycles. The highest BCUT2D eigenvalue weighted by Crippen LogP contribution is 2.58. The highest BCUT2D eigenvalue weighted by atomic mass is 16.5. The molecular formula is C38H19N5O+2. The summed E-state index contributed by atoms with van der Waals surface area (Å²) in [6, 6.07) is 37.6. The molecule has 44 heavy (non-hydrogen) atoms. The van der Waals surface area contributed by atoms with E-state index >= 15 is 0 Å². The van der Waals surface area contributed by atoms with Crippen molar-refractivity contribution in [3.05, 3.63) is 127 Å². The molecule has 1 spiro atoms. The van der Waals surface area contributed by atoms with Gasteiger partial charge in [-0.15, -0.1) is 0 Å². The first-order valence-electron chi connectivity index (χ1n) is 15.1. The first-order chi connectivity index (χ1) is 21.9. The number of hydrogen-bond donors (Lipinski definition) is 0. The van der Waals surface area contributed by atoms with E-state index < -0.39 is 5.66 Å². The van der Waals surface area contributed by atoms with Crippen molar-refractivity contribution >= 4 is 76.7 Å². The van der Waals surface area contributed by atoms with Crippen molar-refractivity contribution in [2.75, 3.05) is 0 Å². The number of hydrogen-bond acceptors (Lipinski definition) is 2. The molecule has 10 aromatic rings. The summed E-state index contributed by atoms with van der Waals surface area (Å²) in [7, 11) is 0. The van der Waals surface area contributed by atoms with Gasteiger partial charge in [-0.25, -0.2) is 0 Å². The summed E-state index contributed by atoms with van der Waals surface area (Å²) in [5, 5.41) is 7.42. The Hall–Kier alpha value is -6.01. The van der Waals surface area contributed by atoms with Gasteiger partial charge in [-0.1, -0.05) is 42.5 Å². The second-order valence-electron chi connectivity index (χ2n) is 12.4. The van der Waals surface area contributed by atoms with Crippen LogP contribution >= 0.6 is 0 Å². The molecule has 3 aliphatic rings. The lowest BCUT2D eigenvalue weighted by Crippen LogP contribution is -2.71. The zero-order valence-corrected chi connectivity index (χ0v) is 23.1. The van der Waals surface area contributed by atoms with Crippen molar-refractivity contribution in [2.24, 2.45) is 0 Å². The normalized spacial score (nSPS) is 17.4. The van der Waals surface area contributed by atoms with E-state index in [2.05, 4.69) is 126 Å². The Labute approximate surface area is 247 Å².